The number of hydrogen-bond acceptors (Lipinski definition) is 4. The third-order valence-electron chi connectivity index (χ3n) is 7.78. The first-order chi connectivity index (χ1) is 12.8. The highest BCUT2D eigenvalue weighted by Gasteiger charge is 2.64. The van der Waals surface area contributed by atoms with Crippen LogP contribution in [0.2, 0.25) is 0 Å². The van der Waals surface area contributed by atoms with E-state index in [9.17, 15) is 14.7 Å². The molecule has 0 aromatic heterocycles. The Bertz CT molecular complexity index is 608. The SMILES string of the molecule is CC(C)CN1CC2(CCN(C(=O)C3CC(O)C3)CC2)C2(CCN(C)C2=O)C1. The molecule has 1 N–H and O–H groups in total. The van der Waals surface area contributed by atoms with Gasteiger partial charge in [0.15, 0.2) is 0 Å². The van der Waals surface area contributed by atoms with Crippen molar-refractivity contribution in [2.75, 3.05) is 46.3 Å². The first-order valence-electron chi connectivity index (χ1n) is 10.7. The van der Waals surface area contributed by atoms with E-state index in [1.165, 1.54) is 0 Å². The number of rotatable bonds is 3. The van der Waals surface area contributed by atoms with Gasteiger partial charge in [-0.2, -0.15) is 0 Å². The van der Waals surface area contributed by atoms with Gasteiger partial charge in [0.1, 0.15) is 0 Å². The fourth-order valence-electron chi connectivity index (χ4n) is 6.24. The van der Waals surface area contributed by atoms with E-state index < -0.39 is 0 Å². The Labute approximate surface area is 162 Å². The van der Waals surface area contributed by atoms with Crippen molar-refractivity contribution in [2.45, 2.75) is 52.1 Å². The molecule has 6 nitrogen and oxygen atoms in total. The van der Waals surface area contributed by atoms with Gasteiger partial charge in [-0.25, -0.2) is 0 Å². The Morgan fingerprint density at radius 3 is 2.33 bits per heavy atom. The second-order valence-corrected chi connectivity index (χ2v) is 10.1. The summed E-state index contributed by atoms with van der Waals surface area (Å²) >= 11 is 0. The number of carbonyl (C=O) groups excluding carboxylic acids is 2. The first kappa shape index (κ1) is 19.2. The van der Waals surface area contributed by atoms with Crippen LogP contribution in [0.1, 0.15) is 46.0 Å². The molecule has 0 aromatic rings. The Morgan fingerprint density at radius 2 is 1.81 bits per heavy atom. The average Bonchev–Trinajstić information content (AvgIpc) is 3.04. The van der Waals surface area contributed by atoms with Crippen LogP contribution in [-0.2, 0) is 9.59 Å². The smallest absolute Gasteiger partial charge is 0.230 e. The van der Waals surface area contributed by atoms with Crippen molar-refractivity contribution in [3.63, 3.8) is 0 Å². The van der Waals surface area contributed by atoms with Crippen molar-refractivity contribution < 1.29 is 14.7 Å². The van der Waals surface area contributed by atoms with E-state index in [4.69, 9.17) is 0 Å². The Balaban J connectivity index is 1.50. The van der Waals surface area contributed by atoms with Gasteiger partial charge in [0, 0.05) is 57.6 Å². The van der Waals surface area contributed by atoms with Crippen molar-refractivity contribution in [1.29, 1.82) is 0 Å². The summed E-state index contributed by atoms with van der Waals surface area (Å²) in [5.41, 5.74) is -0.238. The monoisotopic (exact) mass is 377 g/mol. The molecule has 0 radical (unpaired) electrons. The summed E-state index contributed by atoms with van der Waals surface area (Å²) in [5, 5.41) is 9.51. The third kappa shape index (κ3) is 3.00. The van der Waals surface area contributed by atoms with Gasteiger partial charge < -0.3 is 19.8 Å². The van der Waals surface area contributed by atoms with Crippen LogP contribution in [0.25, 0.3) is 0 Å². The molecule has 6 heteroatoms. The summed E-state index contributed by atoms with van der Waals surface area (Å²) in [7, 11) is 1.94. The molecule has 2 amide bonds. The third-order valence-corrected chi connectivity index (χ3v) is 7.78. The van der Waals surface area contributed by atoms with Crippen molar-refractivity contribution in [3.8, 4) is 0 Å². The Morgan fingerprint density at radius 1 is 1.15 bits per heavy atom. The van der Waals surface area contributed by atoms with E-state index in [-0.39, 0.29) is 28.8 Å². The van der Waals surface area contributed by atoms with Crippen LogP contribution >= 0.6 is 0 Å². The number of amides is 2. The topological polar surface area (TPSA) is 64.1 Å². The molecule has 4 rings (SSSR count). The van der Waals surface area contributed by atoms with Gasteiger partial charge in [-0.05, 0) is 38.0 Å². The van der Waals surface area contributed by atoms with Crippen LogP contribution in [0.15, 0.2) is 0 Å². The molecule has 4 aliphatic rings. The maximum Gasteiger partial charge on any atom is 0.230 e. The molecule has 27 heavy (non-hydrogen) atoms. The highest BCUT2D eigenvalue weighted by molar-refractivity contribution is 5.86. The number of fused-ring (bicyclic) bond motifs is 1. The lowest BCUT2D eigenvalue weighted by Crippen LogP contribution is -2.55. The minimum Gasteiger partial charge on any atom is -0.393 e. The largest absolute Gasteiger partial charge is 0.393 e. The zero-order chi connectivity index (χ0) is 19.4. The lowest BCUT2D eigenvalue weighted by atomic mass is 9.60. The molecule has 3 aliphatic heterocycles. The molecule has 1 saturated carbocycles. The van der Waals surface area contributed by atoms with Crippen LogP contribution in [0.3, 0.4) is 0 Å². The normalized spacial score (nSPS) is 36.3. The maximum absolute atomic E-state index is 13.2. The summed E-state index contributed by atoms with van der Waals surface area (Å²) in [4.78, 5) is 32.4. The van der Waals surface area contributed by atoms with Crippen LogP contribution < -0.4 is 0 Å². The van der Waals surface area contributed by atoms with Gasteiger partial charge >= 0.3 is 0 Å². The van der Waals surface area contributed by atoms with E-state index in [1.54, 1.807) is 0 Å². The van der Waals surface area contributed by atoms with Crippen molar-refractivity contribution >= 4 is 11.8 Å². The number of piperidine rings is 1. The molecule has 3 saturated heterocycles. The van der Waals surface area contributed by atoms with E-state index >= 15 is 0 Å². The second-order valence-electron chi connectivity index (χ2n) is 10.1. The van der Waals surface area contributed by atoms with Crippen LogP contribution in [0, 0.1) is 22.7 Å². The zero-order valence-electron chi connectivity index (χ0n) is 17.1. The van der Waals surface area contributed by atoms with Gasteiger partial charge in [-0.15, -0.1) is 0 Å². The molecule has 3 heterocycles. The number of nitrogens with zero attached hydrogens (tertiary/aromatic N) is 3. The van der Waals surface area contributed by atoms with Crippen molar-refractivity contribution in [2.24, 2.45) is 22.7 Å². The van der Waals surface area contributed by atoms with Crippen LogP contribution in [0.4, 0.5) is 0 Å². The molecule has 1 aliphatic carbocycles. The molecule has 0 bridgehead atoms. The number of carbonyl (C=O) groups is 2. The fraction of sp³-hybridized carbons (Fsp3) is 0.905. The predicted molar refractivity (Wildman–Crippen MR) is 103 cm³/mol. The zero-order valence-corrected chi connectivity index (χ0v) is 17.1. The predicted octanol–water partition coefficient (Wildman–Crippen LogP) is 1.19. The average molecular weight is 378 g/mol. The number of aliphatic hydroxyl groups is 1. The first-order valence-corrected chi connectivity index (χ1v) is 10.7. The van der Waals surface area contributed by atoms with E-state index in [0.29, 0.717) is 24.7 Å². The molecular formula is C21H35N3O3. The molecule has 4 fully saturated rings. The van der Waals surface area contributed by atoms with Crippen molar-refractivity contribution in [3.05, 3.63) is 0 Å². The molecule has 1 unspecified atom stereocenters. The van der Waals surface area contributed by atoms with Gasteiger partial charge in [-0.3, -0.25) is 9.59 Å². The Kier molecular flexibility index (Phi) is 4.78. The van der Waals surface area contributed by atoms with E-state index in [1.807, 2.05) is 16.8 Å². The molecule has 1 atom stereocenters. The molecule has 0 aromatic carbocycles. The minimum atomic E-state index is -0.288. The van der Waals surface area contributed by atoms with Gasteiger partial charge in [0.25, 0.3) is 0 Å². The van der Waals surface area contributed by atoms with E-state index in [0.717, 1.165) is 58.5 Å². The van der Waals surface area contributed by atoms with Crippen LogP contribution in [0.5, 0.6) is 0 Å². The van der Waals surface area contributed by atoms with Crippen molar-refractivity contribution in [1.82, 2.24) is 14.7 Å². The van der Waals surface area contributed by atoms with E-state index in [2.05, 4.69) is 18.7 Å². The van der Waals surface area contributed by atoms with Gasteiger partial charge in [0.05, 0.1) is 11.5 Å². The highest BCUT2D eigenvalue weighted by Crippen LogP contribution is 2.57. The minimum absolute atomic E-state index is 0.0135. The summed E-state index contributed by atoms with van der Waals surface area (Å²) in [6.45, 7) is 9.80. The molecular weight excluding hydrogens is 342 g/mol. The highest BCUT2D eigenvalue weighted by atomic mass is 16.3. The number of hydrogen-bond donors (Lipinski definition) is 1. The standard InChI is InChI=1S/C21H35N3O3/c1-15(2)12-23-13-20(21(14-23)6-7-22(3)19(21)27)4-8-24(9-5-20)18(26)16-10-17(25)11-16/h15-17,25H,4-14H2,1-3H3. The Hall–Kier alpha value is -1.14. The summed E-state index contributed by atoms with van der Waals surface area (Å²) < 4.78 is 0. The van der Waals surface area contributed by atoms with Gasteiger partial charge in [-0.1, -0.05) is 13.8 Å². The van der Waals surface area contributed by atoms with Crippen LogP contribution in [-0.4, -0.2) is 84.0 Å². The summed E-state index contributed by atoms with van der Waals surface area (Å²) in [6, 6.07) is 0. The number of aliphatic hydroxyl groups excluding tert-OH is 1. The quantitative estimate of drug-likeness (QED) is 0.802. The molecule has 152 valence electrons. The number of likely N-dealkylation sites (tertiary alicyclic amines) is 3. The maximum atomic E-state index is 13.2. The summed E-state index contributed by atoms with van der Waals surface area (Å²) in [6.07, 6.45) is 3.78. The fourth-order valence-corrected chi connectivity index (χ4v) is 6.24. The lowest BCUT2D eigenvalue weighted by Gasteiger charge is -2.48. The lowest BCUT2D eigenvalue weighted by molar-refractivity contribution is -0.148. The summed E-state index contributed by atoms with van der Waals surface area (Å²) in [5.74, 6) is 1.16. The second kappa shape index (κ2) is 6.73. The van der Waals surface area contributed by atoms with Gasteiger partial charge in [0.2, 0.25) is 11.8 Å². The molecule has 2 spiro atoms.